The van der Waals surface area contributed by atoms with Gasteiger partial charge in [0.05, 0.1) is 31.2 Å². The van der Waals surface area contributed by atoms with E-state index in [9.17, 15) is 4.79 Å². The highest BCUT2D eigenvalue weighted by Gasteiger charge is 2.23. The molecule has 0 fully saturated rings. The van der Waals surface area contributed by atoms with Crippen molar-refractivity contribution >= 4 is 11.0 Å². The number of pyridine rings is 1. The molecule has 2 heterocycles. The highest BCUT2D eigenvalue weighted by atomic mass is 16.5. The maximum atomic E-state index is 13.0. The Labute approximate surface area is 244 Å². The summed E-state index contributed by atoms with van der Waals surface area (Å²) in [5.74, 6) is 1.37. The standard InChI is InChI=1S/C37H29NO4/c1-22-29-19-26(15-17-32(29)42-37(39)35(22)24-10-5-4-6-11-24)31-21-30(25-14-18-33(40-2)34(20-25)41-3)28-16-13-23-9-7-8-12-27(23)36(28)38-31/h4-12,14-15,17-21H,13,16H2,1-3H3. The molecule has 0 amide bonds. The molecule has 0 saturated carbocycles. The fourth-order valence-electron chi connectivity index (χ4n) is 6.13. The Morgan fingerprint density at radius 1 is 0.714 bits per heavy atom. The van der Waals surface area contributed by atoms with Gasteiger partial charge in [-0.2, -0.15) is 0 Å². The summed E-state index contributed by atoms with van der Waals surface area (Å²) in [6.45, 7) is 1.98. The predicted molar refractivity (Wildman–Crippen MR) is 167 cm³/mol. The fourth-order valence-corrected chi connectivity index (χ4v) is 6.13. The van der Waals surface area contributed by atoms with Gasteiger partial charge in [-0.15, -0.1) is 0 Å². The van der Waals surface area contributed by atoms with Crippen LogP contribution in [0, 0.1) is 6.92 Å². The molecule has 5 nitrogen and oxygen atoms in total. The summed E-state index contributed by atoms with van der Waals surface area (Å²) in [5, 5.41) is 0.888. The third kappa shape index (κ3) is 4.25. The van der Waals surface area contributed by atoms with Crippen LogP contribution in [-0.2, 0) is 12.8 Å². The van der Waals surface area contributed by atoms with Gasteiger partial charge in [-0.1, -0.05) is 60.7 Å². The number of benzene rings is 4. The van der Waals surface area contributed by atoms with Gasteiger partial charge in [0.1, 0.15) is 5.58 Å². The molecule has 0 bridgehead atoms. The monoisotopic (exact) mass is 551 g/mol. The molecule has 0 saturated heterocycles. The summed E-state index contributed by atoms with van der Waals surface area (Å²) >= 11 is 0. The van der Waals surface area contributed by atoms with Crippen LogP contribution in [0.15, 0.2) is 106 Å². The summed E-state index contributed by atoms with van der Waals surface area (Å²) in [6, 6.07) is 32.4. The van der Waals surface area contributed by atoms with Crippen LogP contribution in [0.25, 0.3) is 55.7 Å². The molecule has 2 aromatic heterocycles. The number of hydrogen-bond acceptors (Lipinski definition) is 5. The van der Waals surface area contributed by atoms with E-state index in [1.165, 1.54) is 11.1 Å². The molecule has 6 aromatic rings. The van der Waals surface area contributed by atoms with Gasteiger partial charge in [-0.05, 0) is 89.5 Å². The maximum Gasteiger partial charge on any atom is 0.344 e. The van der Waals surface area contributed by atoms with Gasteiger partial charge in [0, 0.05) is 16.5 Å². The second kappa shape index (κ2) is 10.3. The topological polar surface area (TPSA) is 61.6 Å². The van der Waals surface area contributed by atoms with Crippen LogP contribution < -0.4 is 15.1 Å². The van der Waals surface area contributed by atoms with E-state index in [0.29, 0.717) is 22.6 Å². The lowest BCUT2D eigenvalue weighted by Gasteiger charge is -2.23. The molecule has 0 radical (unpaired) electrons. The summed E-state index contributed by atoms with van der Waals surface area (Å²) < 4.78 is 17.0. The zero-order valence-corrected chi connectivity index (χ0v) is 23.7. The van der Waals surface area contributed by atoms with E-state index >= 15 is 0 Å². The number of methoxy groups -OCH3 is 2. The minimum absolute atomic E-state index is 0.335. The summed E-state index contributed by atoms with van der Waals surface area (Å²) in [6.07, 6.45) is 1.85. The first-order valence-corrected chi connectivity index (χ1v) is 14.0. The van der Waals surface area contributed by atoms with Crippen LogP contribution in [0.3, 0.4) is 0 Å². The van der Waals surface area contributed by atoms with Gasteiger partial charge in [0.15, 0.2) is 11.5 Å². The average molecular weight is 552 g/mol. The molecule has 1 aliphatic carbocycles. The summed E-state index contributed by atoms with van der Waals surface area (Å²) in [4.78, 5) is 18.3. The smallest absolute Gasteiger partial charge is 0.344 e. The Hall–Kier alpha value is -5.16. The number of nitrogens with zero attached hydrogens (tertiary/aromatic N) is 1. The van der Waals surface area contributed by atoms with Crippen molar-refractivity contribution in [2.24, 2.45) is 0 Å². The van der Waals surface area contributed by atoms with E-state index in [1.807, 2.05) is 61.5 Å². The lowest BCUT2D eigenvalue weighted by molar-refractivity contribution is 0.355. The van der Waals surface area contributed by atoms with Crippen molar-refractivity contribution in [1.82, 2.24) is 4.98 Å². The molecule has 0 unspecified atom stereocenters. The van der Waals surface area contributed by atoms with Crippen molar-refractivity contribution in [1.29, 1.82) is 0 Å². The number of rotatable bonds is 5. The molecule has 7 rings (SSSR count). The van der Waals surface area contributed by atoms with E-state index in [4.69, 9.17) is 18.9 Å². The fraction of sp³-hybridized carbons (Fsp3) is 0.135. The van der Waals surface area contributed by atoms with Gasteiger partial charge in [0.25, 0.3) is 0 Å². The zero-order chi connectivity index (χ0) is 28.8. The van der Waals surface area contributed by atoms with Crippen LogP contribution in [0.5, 0.6) is 11.5 Å². The Balaban J connectivity index is 1.46. The molecule has 5 heteroatoms. The molecule has 206 valence electrons. The van der Waals surface area contributed by atoms with E-state index < -0.39 is 0 Å². The highest BCUT2D eigenvalue weighted by Crippen LogP contribution is 2.42. The van der Waals surface area contributed by atoms with Crippen LogP contribution in [0.1, 0.15) is 16.7 Å². The van der Waals surface area contributed by atoms with Crippen LogP contribution in [-0.4, -0.2) is 19.2 Å². The Bertz CT molecular complexity index is 2040. The predicted octanol–water partition coefficient (Wildman–Crippen LogP) is 8.28. The molecule has 0 aliphatic heterocycles. The molecule has 0 N–H and O–H groups in total. The molecule has 4 aromatic carbocycles. The first-order valence-electron chi connectivity index (χ1n) is 14.0. The second-order valence-corrected chi connectivity index (χ2v) is 10.6. The second-order valence-electron chi connectivity index (χ2n) is 10.6. The van der Waals surface area contributed by atoms with Gasteiger partial charge in [-0.25, -0.2) is 9.78 Å². The zero-order valence-electron chi connectivity index (χ0n) is 23.7. The minimum atomic E-state index is -0.335. The largest absolute Gasteiger partial charge is 0.493 e. The van der Waals surface area contributed by atoms with Crippen molar-refractivity contribution in [3.63, 3.8) is 0 Å². The first kappa shape index (κ1) is 25.8. The molecule has 0 atom stereocenters. The van der Waals surface area contributed by atoms with E-state index in [0.717, 1.165) is 63.0 Å². The normalized spacial score (nSPS) is 12.1. The molecule has 1 aliphatic rings. The lowest BCUT2D eigenvalue weighted by atomic mass is 9.84. The Morgan fingerprint density at radius 2 is 1.48 bits per heavy atom. The number of aryl methyl sites for hydroxylation is 2. The lowest BCUT2D eigenvalue weighted by Crippen LogP contribution is -2.09. The number of fused-ring (bicyclic) bond motifs is 4. The Morgan fingerprint density at radius 3 is 2.29 bits per heavy atom. The van der Waals surface area contributed by atoms with E-state index in [1.54, 1.807) is 14.2 Å². The van der Waals surface area contributed by atoms with Crippen molar-refractivity contribution in [2.75, 3.05) is 14.2 Å². The van der Waals surface area contributed by atoms with Crippen LogP contribution in [0.2, 0.25) is 0 Å². The SMILES string of the molecule is COc1ccc(-c2cc(-c3ccc4oc(=O)c(-c5ccccc5)c(C)c4c3)nc3c2CCc2ccccc2-3)cc1OC. The van der Waals surface area contributed by atoms with Crippen molar-refractivity contribution in [2.45, 2.75) is 19.8 Å². The first-order chi connectivity index (χ1) is 20.6. The number of ether oxygens (including phenoxy) is 2. The molecular weight excluding hydrogens is 522 g/mol. The third-order valence-corrected chi connectivity index (χ3v) is 8.26. The van der Waals surface area contributed by atoms with Crippen LogP contribution in [0.4, 0.5) is 0 Å². The van der Waals surface area contributed by atoms with E-state index in [-0.39, 0.29) is 5.63 Å². The molecular formula is C37H29NO4. The maximum absolute atomic E-state index is 13.0. The third-order valence-electron chi connectivity index (χ3n) is 8.26. The number of aromatic nitrogens is 1. The minimum Gasteiger partial charge on any atom is -0.493 e. The van der Waals surface area contributed by atoms with E-state index in [2.05, 4.69) is 42.5 Å². The van der Waals surface area contributed by atoms with Crippen LogP contribution >= 0.6 is 0 Å². The van der Waals surface area contributed by atoms with Crippen molar-refractivity contribution in [3.8, 4) is 56.3 Å². The summed E-state index contributed by atoms with van der Waals surface area (Å²) in [5.41, 5.74) is 11.2. The highest BCUT2D eigenvalue weighted by molar-refractivity contribution is 5.91. The van der Waals surface area contributed by atoms with Gasteiger partial charge in [-0.3, -0.25) is 0 Å². The molecule has 0 spiro atoms. The van der Waals surface area contributed by atoms with Crippen molar-refractivity contribution < 1.29 is 13.9 Å². The molecule has 42 heavy (non-hydrogen) atoms. The quantitative estimate of drug-likeness (QED) is 0.202. The Kier molecular flexibility index (Phi) is 6.35. The summed E-state index contributed by atoms with van der Waals surface area (Å²) in [7, 11) is 3.30. The van der Waals surface area contributed by atoms with Gasteiger partial charge >= 0.3 is 5.63 Å². The van der Waals surface area contributed by atoms with Gasteiger partial charge in [0.2, 0.25) is 0 Å². The average Bonchev–Trinajstić information content (AvgIpc) is 3.04. The number of hydrogen-bond donors (Lipinski definition) is 0. The van der Waals surface area contributed by atoms with Crippen molar-refractivity contribution in [3.05, 3.63) is 124 Å². The van der Waals surface area contributed by atoms with Gasteiger partial charge < -0.3 is 13.9 Å².